The lowest BCUT2D eigenvalue weighted by Crippen LogP contribution is -2.53. The number of hydrogen-bond acceptors (Lipinski definition) is 8. The number of halogens is 3. The van der Waals surface area contributed by atoms with Gasteiger partial charge in [-0.05, 0) is 30.7 Å². The number of aliphatic hydroxyl groups is 3. The molecule has 3 aromatic heterocycles. The summed E-state index contributed by atoms with van der Waals surface area (Å²) in [5.41, 5.74) is 1.53. The first-order valence-corrected chi connectivity index (χ1v) is 10.7. The average molecular weight is 499 g/mol. The number of fused-ring (bicyclic) bond motifs is 9. The number of amides is 1. The van der Waals surface area contributed by atoms with Gasteiger partial charge in [0.2, 0.25) is 0 Å². The SMILES string of the molecule is O=C1c2cccc(OC(F)F)c2C2CC(c3nn4ccc(-c5cncc(F)c5)nc4c32)N1C(O)(O)O. The van der Waals surface area contributed by atoms with Gasteiger partial charge in [0.15, 0.2) is 5.65 Å². The summed E-state index contributed by atoms with van der Waals surface area (Å²) in [6.45, 7) is -3.19. The van der Waals surface area contributed by atoms with Crippen LogP contribution < -0.4 is 4.74 Å². The van der Waals surface area contributed by atoms with E-state index in [2.05, 4.69) is 15.1 Å². The number of carbonyl (C=O) groups excluding carboxylic acids is 1. The van der Waals surface area contributed by atoms with E-state index in [1.54, 1.807) is 6.07 Å². The van der Waals surface area contributed by atoms with E-state index in [1.165, 1.54) is 41.2 Å². The topological polar surface area (TPSA) is 133 Å². The van der Waals surface area contributed by atoms with Crippen molar-refractivity contribution in [2.45, 2.75) is 31.1 Å². The second-order valence-corrected chi connectivity index (χ2v) is 8.45. The van der Waals surface area contributed by atoms with Crippen LogP contribution in [-0.2, 0) is 0 Å². The lowest BCUT2D eigenvalue weighted by atomic mass is 9.89. The van der Waals surface area contributed by atoms with Crippen LogP contribution in [0.4, 0.5) is 13.2 Å². The van der Waals surface area contributed by atoms with Crippen LogP contribution in [0.15, 0.2) is 48.9 Å². The molecule has 1 amide bonds. The van der Waals surface area contributed by atoms with Crippen molar-refractivity contribution in [3.05, 3.63) is 77.1 Å². The van der Waals surface area contributed by atoms with Crippen LogP contribution in [0.2, 0.25) is 0 Å². The van der Waals surface area contributed by atoms with E-state index < -0.39 is 36.4 Å². The first-order chi connectivity index (χ1) is 17.1. The fourth-order valence-electron chi connectivity index (χ4n) is 5.10. The maximum Gasteiger partial charge on any atom is 0.387 e. The van der Waals surface area contributed by atoms with E-state index in [9.17, 15) is 33.3 Å². The Labute approximate surface area is 199 Å². The molecule has 0 saturated carbocycles. The predicted molar refractivity (Wildman–Crippen MR) is 114 cm³/mol. The van der Waals surface area contributed by atoms with Crippen LogP contribution in [-0.4, -0.2) is 58.4 Å². The fraction of sp³-hybridized carbons (Fsp3) is 0.217. The first kappa shape index (κ1) is 22.4. The maximum absolute atomic E-state index is 13.8. The Balaban J connectivity index is 1.63. The molecule has 184 valence electrons. The van der Waals surface area contributed by atoms with Gasteiger partial charge in [0, 0.05) is 40.6 Å². The first-order valence-electron chi connectivity index (χ1n) is 10.7. The Hall–Kier alpha value is -4.07. The van der Waals surface area contributed by atoms with Gasteiger partial charge in [0.05, 0.1) is 23.6 Å². The third-order valence-corrected chi connectivity index (χ3v) is 6.39. The molecule has 1 aliphatic carbocycles. The Morgan fingerprint density at radius 2 is 1.94 bits per heavy atom. The second kappa shape index (κ2) is 7.71. The molecule has 2 aliphatic rings. The van der Waals surface area contributed by atoms with Gasteiger partial charge in [-0.3, -0.25) is 14.7 Å². The summed E-state index contributed by atoms with van der Waals surface area (Å²) in [6, 6.07) is 5.57. The van der Waals surface area contributed by atoms with Crippen LogP contribution in [0.5, 0.6) is 5.75 Å². The summed E-state index contributed by atoms with van der Waals surface area (Å²) in [7, 11) is 0. The Morgan fingerprint density at radius 3 is 2.67 bits per heavy atom. The molecule has 0 saturated heterocycles. The molecule has 0 spiro atoms. The standard InChI is InChI=1S/C23H16F3N5O5/c24-11-6-10(8-27-9-11)14-4-5-30-20(28-14)18-13-7-15(19(18)29-30)31(23(33,34)35)21(32)12-2-1-3-16(17(12)13)36-22(25)26/h1-6,8-9,13,15,22,33-35H,7H2. The minimum Gasteiger partial charge on any atom is -0.434 e. The van der Waals surface area contributed by atoms with Gasteiger partial charge in [-0.25, -0.2) is 13.9 Å². The summed E-state index contributed by atoms with van der Waals surface area (Å²) in [6.07, 6.45) is 0.405. The molecule has 6 rings (SSSR count). The van der Waals surface area contributed by atoms with Crippen molar-refractivity contribution in [3.8, 4) is 17.0 Å². The second-order valence-electron chi connectivity index (χ2n) is 8.45. The van der Waals surface area contributed by atoms with Gasteiger partial charge >= 0.3 is 12.7 Å². The van der Waals surface area contributed by atoms with E-state index in [0.717, 1.165) is 6.20 Å². The van der Waals surface area contributed by atoms with Crippen molar-refractivity contribution in [2.75, 3.05) is 0 Å². The van der Waals surface area contributed by atoms with E-state index in [1.807, 2.05) is 0 Å². The van der Waals surface area contributed by atoms with Crippen LogP contribution in [0.25, 0.3) is 16.9 Å². The molecular weight excluding hydrogens is 483 g/mol. The largest absolute Gasteiger partial charge is 0.434 e. The normalized spacial score (nSPS) is 19.0. The van der Waals surface area contributed by atoms with Crippen LogP contribution >= 0.6 is 0 Å². The zero-order valence-electron chi connectivity index (χ0n) is 18.1. The molecule has 4 aromatic rings. The molecule has 2 bridgehead atoms. The molecule has 1 aliphatic heterocycles. The van der Waals surface area contributed by atoms with E-state index >= 15 is 0 Å². The van der Waals surface area contributed by atoms with E-state index in [4.69, 9.17) is 4.74 Å². The molecule has 36 heavy (non-hydrogen) atoms. The number of alkyl halides is 2. The fourth-order valence-corrected chi connectivity index (χ4v) is 5.10. The zero-order chi connectivity index (χ0) is 25.4. The van der Waals surface area contributed by atoms with Gasteiger partial charge in [0.25, 0.3) is 5.91 Å². The highest BCUT2D eigenvalue weighted by Crippen LogP contribution is 2.54. The third-order valence-electron chi connectivity index (χ3n) is 6.39. The molecular formula is C23H16F3N5O5. The van der Waals surface area contributed by atoms with Gasteiger partial charge in [-0.15, -0.1) is 0 Å². The zero-order valence-corrected chi connectivity index (χ0v) is 18.1. The third kappa shape index (κ3) is 3.31. The lowest BCUT2D eigenvalue weighted by Gasteiger charge is -2.34. The predicted octanol–water partition coefficient (Wildman–Crippen LogP) is 2.15. The van der Waals surface area contributed by atoms with Gasteiger partial charge in [-0.1, -0.05) is 6.07 Å². The van der Waals surface area contributed by atoms with Crippen molar-refractivity contribution in [2.24, 2.45) is 0 Å². The van der Waals surface area contributed by atoms with Gasteiger partial charge in [-0.2, -0.15) is 13.9 Å². The van der Waals surface area contributed by atoms with E-state index in [0.29, 0.717) is 21.7 Å². The molecule has 3 N–H and O–H groups in total. The Morgan fingerprint density at radius 1 is 1.14 bits per heavy atom. The Bertz CT molecular complexity index is 1540. The van der Waals surface area contributed by atoms with Crippen molar-refractivity contribution in [1.82, 2.24) is 24.5 Å². The van der Waals surface area contributed by atoms with E-state index in [-0.39, 0.29) is 34.6 Å². The summed E-state index contributed by atoms with van der Waals surface area (Å²) in [5.74, 6) is -2.63. The number of nitrogens with zero attached hydrogens (tertiary/aromatic N) is 5. The number of hydrogen-bond donors (Lipinski definition) is 3. The molecule has 1 aromatic carbocycles. The van der Waals surface area contributed by atoms with Crippen LogP contribution in [0.3, 0.4) is 0 Å². The molecule has 0 fully saturated rings. The van der Waals surface area contributed by atoms with Crippen molar-refractivity contribution >= 4 is 11.6 Å². The molecule has 13 heteroatoms. The van der Waals surface area contributed by atoms with Crippen molar-refractivity contribution in [3.63, 3.8) is 0 Å². The summed E-state index contributed by atoms with van der Waals surface area (Å²) in [5, 5.41) is 34.7. The summed E-state index contributed by atoms with van der Waals surface area (Å²) in [4.78, 5) is 22.2. The van der Waals surface area contributed by atoms with Crippen molar-refractivity contribution < 1.29 is 38.0 Å². The molecule has 2 atom stereocenters. The molecule has 0 radical (unpaired) electrons. The summed E-state index contributed by atoms with van der Waals surface area (Å²) < 4.78 is 46.4. The maximum atomic E-state index is 13.8. The molecule has 10 nitrogen and oxygen atoms in total. The van der Waals surface area contributed by atoms with Crippen molar-refractivity contribution in [1.29, 1.82) is 0 Å². The van der Waals surface area contributed by atoms with Gasteiger partial charge in [0.1, 0.15) is 11.6 Å². The molecule has 4 heterocycles. The Kier molecular flexibility index (Phi) is 4.80. The monoisotopic (exact) mass is 499 g/mol. The highest BCUT2D eigenvalue weighted by molar-refractivity contribution is 5.98. The highest BCUT2D eigenvalue weighted by Gasteiger charge is 2.52. The number of pyridine rings is 1. The summed E-state index contributed by atoms with van der Waals surface area (Å²) >= 11 is 0. The number of aromatic nitrogens is 4. The number of ether oxygens (including phenoxy) is 1. The minimum absolute atomic E-state index is 0.0205. The average Bonchev–Trinajstić information content (AvgIpc) is 3.30. The lowest BCUT2D eigenvalue weighted by molar-refractivity contribution is -0.385. The van der Waals surface area contributed by atoms with Crippen LogP contribution in [0, 0.1) is 5.82 Å². The highest BCUT2D eigenvalue weighted by atomic mass is 19.3. The smallest absolute Gasteiger partial charge is 0.387 e. The quantitative estimate of drug-likeness (QED) is 0.364. The number of benzene rings is 1. The van der Waals surface area contributed by atoms with Crippen LogP contribution in [0.1, 0.15) is 45.6 Å². The number of rotatable bonds is 4. The van der Waals surface area contributed by atoms with Gasteiger partial charge < -0.3 is 20.1 Å². The number of carbonyl (C=O) groups is 1. The minimum atomic E-state index is -3.57. The molecule has 2 unspecified atom stereocenters.